The van der Waals surface area contributed by atoms with Crippen molar-refractivity contribution in [3.05, 3.63) is 30.1 Å². The van der Waals surface area contributed by atoms with Crippen LogP contribution in [0.2, 0.25) is 0 Å². The van der Waals surface area contributed by atoms with E-state index in [4.69, 9.17) is 10.7 Å². The smallest absolute Gasteiger partial charge is 0.220 e. The molecule has 1 aromatic carbocycles. The first-order valence-corrected chi connectivity index (χ1v) is 8.62. The Balaban J connectivity index is 0.00000288. The van der Waals surface area contributed by atoms with Crippen molar-refractivity contribution in [2.24, 2.45) is 5.73 Å². The van der Waals surface area contributed by atoms with Crippen molar-refractivity contribution < 1.29 is 4.79 Å². The molecule has 0 radical (unpaired) electrons. The molecule has 1 unspecified atom stereocenters. The lowest BCUT2D eigenvalue weighted by atomic mass is 10.1. The molecule has 1 aromatic heterocycles. The van der Waals surface area contributed by atoms with Crippen LogP contribution in [0.3, 0.4) is 0 Å². The Labute approximate surface area is 162 Å². The van der Waals surface area contributed by atoms with Crippen molar-refractivity contribution >= 4 is 41.8 Å². The lowest BCUT2D eigenvalue weighted by molar-refractivity contribution is -0.121. The van der Waals surface area contributed by atoms with Crippen LogP contribution in [0.15, 0.2) is 24.3 Å². The molecule has 1 heterocycles. The predicted molar refractivity (Wildman–Crippen MR) is 109 cm³/mol. The highest BCUT2D eigenvalue weighted by Gasteiger charge is 2.17. The third kappa shape index (κ3) is 6.49. The van der Waals surface area contributed by atoms with Gasteiger partial charge in [0.2, 0.25) is 5.91 Å². The molecule has 1 atom stereocenters. The minimum absolute atomic E-state index is 0. The SMILES string of the molecule is CCn1c(C(C)NC(=O)CCCCCCN)nc2ccccc21.Cl.Cl. The number of carbonyl (C=O) groups is 1. The lowest BCUT2D eigenvalue weighted by Crippen LogP contribution is -2.28. The summed E-state index contributed by atoms with van der Waals surface area (Å²) >= 11 is 0. The second-order valence-corrected chi connectivity index (χ2v) is 5.95. The molecule has 0 aliphatic rings. The number of nitrogens with two attached hydrogens (primary N) is 1. The summed E-state index contributed by atoms with van der Waals surface area (Å²) in [7, 11) is 0. The van der Waals surface area contributed by atoms with E-state index in [-0.39, 0.29) is 36.8 Å². The van der Waals surface area contributed by atoms with Crippen LogP contribution in [-0.2, 0) is 11.3 Å². The normalized spacial score (nSPS) is 11.5. The van der Waals surface area contributed by atoms with Crippen LogP contribution >= 0.6 is 24.8 Å². The minimum Gasteiger partial charge on any atom is -0.346 e. The number of amides is 1. The predicted octanol–water partition coefficient (Wildman–Crippen LogP) is 3.99. The van der Waals surface area contributed by atoms with E-state index in [0.717, 1.165) is 55.6 Å². The van der Waals surface area contributed by atoms with Crippen LogP contribution in [0.1, 0.15) is 57.8 Å². The average molecular weight is 389 g/mol. The molecule has 25 heavy (non-hydrogen) atoms. The van der Waals surface area contributed by atoms with Crippen molar-refractivity contribution in [3.63, 3.8) is 0 Å². The largest absolute Gasteiger partial charge is 0.346 e. The van der Waals surface area contributed by atoms with Gasteiger partial charge in [-0.2, -0.15) is 0 Å². The van der Waals surface area contributed by atoms with E-state index in [0.29, 0.717) is 6.42 Å². The Hall–Kier alpha value is -1.30. The zero-order chi connectivity index (χ0) is 16.7. The van der Waals surface area contributed by atoms with Gasteiger partial charge in [0, 0.05) is 13.0 Å². The van der Waals surface area contributed by atoms with Crippen molar-refractivity contribution in [1.29, 1.82) is 0 Å². The number of para-hydroxylation sites is 2. The van der Waals surface area contributed by atoms with Crippen LogP contribution in [0.4, 0.5) is 0 Å². The van der Waals surface area contributed by atoms with Gasteiger partial charge in [0.15, 0.2) is 0 Å². The maximum Gasteiger partial charge on any atom is 0.220 e. The number of aryl methyl sites for hydroxylation is 1. The van der Waals surface area contributed by atoms with E-state index < -0.39 is 0 Å². The molecule has 1 amide bonds. The number of benzene rings is 1. The van der Waals surface area contributed by atoms with Crippen LogP contribution in [-0.4, -0.2) is 22.0 Å². The highest BCUT2D eigenvalue weighted by molar-refractivity contribution is 5.85. The Bertz CT molecular complexity index is 645. The Kier molecular flexibility index (Phi) is 11.5. The molecule has 3 N–H and O–H groups in total. The summed E-state index contributed by atoms with van der Waals surface area (Å²) in [4.78, 5) is 16.8. The van der Waals surface area contributed by atoms with Gasteiger partial charge in [0.1, 0.15) is 5.82 Å². The summed E-state index contributed by atoms with van der Waals surface area (Å²) in [5.74, 6) is 1.02. The van der Waals surface area contributed by atoms with E-state index >= 15 is 0 Å². The molecule has 142 valence electrons. The lowest BCUT2D eigenvalue weighted by Gasteiger charge is -2.15. The molecule has 0 saturated heterocycles. The zero-order valence-electron chi connectivity index (χ0n) is 15.0. The fourth-order valence-corrected chi connectivity index (χ4v) is 2.92. The quantitative estimate of drug-likeness (QED) is 0.637. The fourth-order valence-electron chi connectivity index (χ4n) is 2.92. The highest BCUT2D eigenvalue weighted by atomic mass is 35.5. The van der Waals surface area contributed by atoms with Gasteiger partial charge in [-0.05, 0) is 45.4 Å². The number of rotatable bonds is 9. The second kappa shape index (κ2) is 12.1. The fraction of sp³-hybridized carbons (Fsp3) is 0.556. The summed E-state index contributed by atoms with van der Waals surface area (Å²) in [6, 6.07) is 8.01. The zero-order valence-corrected chi connectivity index (χ0v) is 16.7. The van der Waals surface area contributed by atoms with E-state index in [1.807, 2.05) is 25.1 Å². The number of aromatic nitrogens is 2. The van der Waals surface area contributed by atoms with Crippen LogP contribution < -0.4 is 11.1 Å². The number of halogens is 2. The molecule has 7 heteroatoms. The average Bonchev–Trinajstić information content (AvgIpc) is 2.93. The Morgan fingerprint density at radius 2 is 1.88 bits per heavy atom. The topological polar surface area (TPSA) is 72.9 Å². The van der Waals surface area contributed by atoms with E-state index in [9.17, 15) is 4.79 Å². The van der Waals surface area contributed by atoms with Crippen molar-refractivity contribution in [2.75, 3.05) is 6.54 Å². The van der Waals surface area contributed by atoms with Gasteiger partial charge in [-0.1, -0.05) is 25.0 Å². The molecule has 2 rings (SSSR count). The Morgan fingerprint density at radius 3 is 2.56 bits per heavy atom. The summed E-state index contributed by atoms with van der Waals surface area (Å²) < 4.78 is 2.17. The van der Waals surface area contributed by atoms with Gasteiger partial charge in [0.05, 0.1) is 17.1 Å². The molecule has 0 aliphatic carbocycles. The van der Waals surface area contributed by atoms with E-state index in [2.05, 4.69) is 22.9 Å². The summed E-state index contributed by atoms with van der Waals surface area (Å²) in [6.45, 7) is 5.68. The third-order valence-corrected chi connectivity index (χ3v) is 4.12. The van der Waals surface area contributed by atoms with Gasteiger partial charge in [-0.15, -0.1) is 24.8 Å². The van der Waals surface area contributed by atoms with Crippen LogP contribution in [0.25, 0.3) is 11.0 Å². The maximum atomic E-state index is 12.1. The van der Waals surface area contributed by atoms with Gasteiger partial charge in [-0.3, -0.25) is 4.79 Å². The van der Waals surface area contributed by atoms with Gasteiger partial charge < -0.3 is 15.6 Å². The van der Waals surface area contributed by atoms with Gasteiger partial charge >= 0.3 is 0 Å². The number of carbonyl (C=O) groups excluding carboxylic acids is 1. The standard InChI is InChI=1S/C18H28N4O.2ClH/c1-3-22-16-11-8-7-10-15(16)21-18(22)14(2)20-17(23)12-6-4-5-9-13-19;;/h7-8,10-11,14H,3-6,9,12-13,19H2,1-2H3,(H,20,23);2*1H. The molecule has 0 saturated carbocycles. The summed E-state index contributed by atoms with van der Waals surface area (Å²) in [5.41, 5.74) is 7.57. The second-order valence-electron chi connectivity index (χ2n) is 5.95. The molecule has 0 aliphatic heterocycles. The molecular formula is C18H30Cl2N4O. The van der Waals surface area contributed by atoms with Gasteiger partial charge in [0.25, 0.3) is 0 Å². The van der Waals surface area contributed by atoms with E-state index in [1.54, 1.807) is 0 Å². The summed E-state index contributed by atoms with van der Waals surface area (Å²) in [5, 5.41) is 3.08. The Morgan fingerprint density at radius 1 is 1.20 bits per heavy atom. The molecule has 0 bridgehead atoms. The first-order chi connectivity index (χ1) is 11.2. The van der Waals surface area contributed by atoms with Crippen molar-refractivity contribution in [3.8, 4) is 0 Å². The third-order valence-electron chi connectivity index (χ3n) is 4.12. The number of nitrogens with zero attached hydrogens (tertiary/aromatic N) is 2. The maximum absolute atomic E-state index is 12.1. The molecule has 5 nitrogen and oxygen atoms in total. The molecular weight excluding hydrogens is 359 g/mol. The van der Waals surface area contributed by atoms with Crippen molar-refractivity contribution in [1.82, 2.24) is 14.9 Å². The number of unbranched alkanes of at least 4 members (excludes halogenated alkanes) is 3. The number of nitrogens with one attached hydrogen (secondary N) is 1. The van der Waals surface area contributed by atoms with Crippen molar-refractivity contribution in [2.45, 2.75) is 58.5 Å². The number of hydrogen-bond donors (Lipinski definition) is 2. The molecule has 0 spiro atoms. The molecule has 0 fully saturated rings. The first-order valence-electron chi connectivity index (χ1n) is 8.62. The van der Waals surface area contributed by atoms with Crippen LogP contribution in [0.5, 0.6) is 0 Å². The van der Waals surface area contributed by atoms with E-state index in [1.165, 1.54) is 0 Å². The number of imidazole rings is 1. The van der Waals surface area contributed by atoms with Crippen LogP contribution in [0, 0.1) is 0 Å². The number of hydrogen-bond acceptors (Lipinski definition) is 3. The highest BCUT2D eigenvalue weighted by Crippen LogP contribution is 2.20. The summed E-state index contributed by atoms with van der Waals surface area (Å²) in [6.07, 6.45) is 4.69. The first kappa shape index (κ1) is 23.7. The van der Waals surface area contributed by atoms with Gasteiger partial charge in [-0.25, -0.2) is 4.98 Å². The molecule has 2 aromatic rings. The minimum atomic E-state index is -0.0844. The number of fused-ring (bicyclic) bond motifs is 1. The monoisotopic (exact) mass is 388 g/mol.